The van der Waals surface area contributed by atoms with Gasteiger partial charge in [-0.1, -0.05) is 54.6 Å². The molecule has 4 rings (SSSR count). The Morgan fingerprint density at radius 3 is 2.44 bits per heavy atom. The number of hydrogen-bond acceptors (Lipinski definition) is 4. The predicted molar refractivity (Wildman–Crippen MR) is 94.5 cm³/mol. The number of fused-ring (bicyclic) bond motifs is 1. The van der Waals surface area contributed by atoms with Gasteiger partial charge in [0.1, 0.15) is 11.6 Å². The molecule has 0 saturated carbocycles. The lowest BCUT2D eigenvalue weighted by Crippen LogP contribution is -2.21. The number of nitrogens with one attached hydrogen (secondary N) is 1. The number of allylic oxidation sites excluding steroid dienone is 1. The zero-order valence-corrected chi connectivity index (χ0v) is 13.7. The number of nitriles is 1. The summed E-state index contributed by atoms with van der Waals surface area (Å²) in [6.07, 6.45) is 0. The molecule has 1 aliphatic heterocycles. The number of aromatic amines is 1. The normalized spacial score (nSPS) is 16.1. The summed E-state index contributed by atoms with van der Waals surface area (Å²) in [7, 11) is 0. The van der Waals surface area contributed by atoms with Crippen LogP contribution in [0.5, 0.6) is 5.88 Å². The van der Waals surface area contributed by atoms with Crippen molar-refractivity contribution in [2.24, 2.45) is 5.73 Å². The van der Waals surface area contributed by atoms with E-state index in [1.807, 2.05) is 37.3 Å². The van der Waals surface area contributed by atoms with Crippen molar-refractivity contribution in [2.45, 2.75) is 12.8 Å². The highest BCUT2D eigenvalue weighted by Gasteiger charge is 2.34. The van der Waals surface area contributed by atoms with Crippen molar-refractivity contribution in [2.75, 3.05) is 0 Å². The average Bonchev–Trinajstić information content (AvgIpc) is 3.02. The minimum atomic E-state index is -0.280. The molecule has 5 nitrogen and oxygen atoms in total. The Morgan fingerprint density at radius 2 is 1.76 bits per heavy atom. The number of ether oxygens (including phenoxy) is 1. The minimum absolute atomic E-state index is 0.110. The predicted octanol–water partition coefficient (Wildman–Crippen LogP) is 3.60. The van der Waals surface area contributed by atoms with Crippen LogP contribution in [0.3, 0.4) is 0 Å². The number of nitrogens with zero attached hydrogens (tertiary/aromatic N) is 2. The maximum atomic E-state index is 9.58. The molecular formula is C20H16N4O. The van der Waals surface area contributed by atoms with Crippen LogP contribution in [0.4, 0.5) is 0 Å². The van der Waals surface area contributed by atoms with Crippen LogP contribution in [-0.2, 0) is 0 Å². The lowest BCUT2D eigenvalue weighted by atomic mass is 9.83. The van der Waals surface area contributed by atoms with E-state index in [0.717, 1.165) is 27.9 Å². The quantitative estimate of drug-likeness (QED) is 0.752. The molecule has 3 aromatic rings. The molecule has 0 saturated heterocycles. The minimum Gasteiger partial charge on any atom is -0.420 e. The smallest absolute Gasteiger partial charge is 0.244 e. The van der Waals surface area contributed by atoms with E-state index in [0.29, 0.717) is 11.5 Å². The second kappa shape index (κ2) is 5.84. The van der Waals surface area contributed by atoms with E-state index < -0.39 is 0 Å². The van der Waals surface area contributed by atoms with Gasteiger partial charge in [0, 0.05) is 11.3 Å². The van der Waals surface area contributed by atoms with Gasteiger partial charge < -0.3 is 10.5 Å². The van der Waals surface area contributed by atoms with Gasteiger partial charge in [-0.25, -0.2) is 0 Å². The summed E-state index contributed by atoms with van der Waals surface area (Å²) in [6, 6.07) is 20.5. The third-order valence-electron chi connectivity index (χ3n) is 4.48. The van der Waals surface area contributed by atoms with Gasteiger partial charge in [0.15, 0.2) is 0 Å². The van der Waals surface area contributed by atoms with Crippen LogP contribution >= 0.6 is 0 Å². The summed E-state index contributed by atoms with van der Waals surface area (Å²) in [5.74, 6) is 0.266. The van der Waals surface area contributed by atoms with Crippen molar-refractivity contribution in [3.05, 3.63) is 82.9 Å². The fourth-order valence-electron chi connectivity index (χ4n) is 3.23. The van der Waals surface area contributed by atoms with Crippen molar-refractivity contribution in [3.8, 4) is 23.1 Å². The molecule has 0 spiro atoms. The first-order chi connectivity index (χ1) is 12.2. The van der Waals surface area contributed by atoms with Crippen LogP contribution in [0.1, 0.15) is 22.7 Å². The number of aryl methyl sites for hydroxylation is 1. The maximum Gasteiger partial charge on any atom is 0.244 e. The van der Waals surface area contributed by atoms with Gasteiger partial charge in [0.2, 0.25) is 11.8 Å². The van der Waals surface area contributed by atoms with Crippen LogP contribution < -0.4 is 10.5 Å². The molecule has 0 unspecified atom stereocenters. The second-order valence-electron chi connectivity index (χ2n) is 5.98. The Morgan fingerprint density at radius 1 is 1.08 bits per heavy atom. The fourth-order valence-corrected chi connectivity index (χ4v) is 3.23. The van der Waals surface area contributed by atoms with Crippen molar-refractivity contribution >= 4 is 0 Å². The lowest BCUT2D eigenvalue weighted by Gasteiger charge is -2.23. The van der Waals surface area contributed by atoms with Gasteiger partial charge in [-0.15, -0.1) is 5.10 Å². The summed E-state index contributed by atoms with van der Waals surface area (Å²) in [5, 5.41) is 16.6. The summed E-state index contributed by atoms with van der Waals surface area (Å²) in [4.78, 5) is 0. The molecule has 1 atom stereocenters. The Hall–Kier alpha value is -3.52. The van der Waals surface area contributed by atoms with Crippen molar-refractivity contribution < 1.29 is 4.74 Å². The topological polar surface area (TPSA) is 87.7 Å². The highest BCUT2D eigenvalue weighted by atomic mass is 16.5. The van der Waals surface area contributed by atoms with E-state index in [1.54, 1.807) is 0 Å². The molecule has 122 valence electrons. The average molecular weight is 328 g/mol. The first kappa shape index (κ1) is 15.0. The number of H-pyrrole nitrogens is 1. The lowest BCUT2D eigenvalue weighted by molar-refractivity contribution is 0.379. The monoisotopic (exact) mass is 328 g/mol. The standard InChI is InChI=1S/C20H16N4O/c1-12-17-18(16(11-21)19(22)25-20(17)24-23-12)15-9-7-14(8-10-15)13-5-3-2-4-6-13/h2-10,18H,22H2,1H3,(H,23,24)/t18-/m0/s1. The molecule has 1 aliphatic rings. The molecule has 0 bridgehead atoms. The Balaban J connectivity index is 1.81. The van der Waals surface area contributed by atoms with Gasteiger partial charge in [0.05, 0.1) is 5.92 Å². The van der Waals surface area contributed by atoms with Gasteiger partial charge >= 0.3 is 0 Å². The van der Waals surface area contributed by atoms with E-state index in [-0.39, 0.29) is 11.8 Å². The molecule has 0 radical (unpaired) electrons. The largest absolute Gasteiger partial charge is 0.420 e. The third kappa shape index (κ3) is 2.45. The Kier molecular flexibility index (Phi) is 3.51. The van der Waals surface area contributed by atoms with Crippen molar-refractivity contribution in [1.82, 2.24) is 10.2 Å². The highest BCUT2D eigenvalue weighted by Crippen LogP contribution is 2.42. The first-order valence-corrected chi connectivity index (χ1v) is 7.97. The van der Waals surface area contributed by atoms with Gasteiger partial charge in [-0.2, -0.15) is 5.26 Å². The number of benzene rings is 2. The van der Waals surface area contributed by atoms with E-state index in [2.05, 4.69) is 40.5 Å². The highest BCUT2D eigenvalue weighted by molar-refractivity contribution is 5.65. The zero-order chi connectivity index (χ0) is 17.4. The fraction of sp³-hybridized carbons (Fsp3) is 0.100. The number of hydrogen-bond donors (Lipinski definition) is 2. The number of nitrogens with two attached hydrogens (primary N) is 1. The maximum absolute atomic E-state index is 9.58. The molecule has 0 aliphatic carbocycles. The molecule has 25 heavy (non-hydrogen) atoms. The van der Waals surface area contributed by atoms with Crippen molar-refractivity contribution in [1.29, 1.82) is 5.26 Å². The Bertz CT molecular complexity index is 994. The van der Waals surface area contributed by atoms with Crippen LogP contribution in [-0.4, -0.2) is 10.2 Å². The molecule has 2 aromatic carbocycles. The van der Waals surface area contributed by atoms with Crippen LogP contribution in [0.25, 0.3) is 11.1 Å². The van der Waals surface area contributed by atoms with Gasteiger partial charge in [-0.05, 0) is 23.6 Å². The number of rotatable bonds is 2. The third-order valence-corrected chi connectivity index (χ3v) is 4.48. The molecule has 0 fully saturated rings. The van der Waals surface area contributed by atoms with E-state index in [9.17, 15) is 5.26 Å². The second-order valence-corrected chi connectivity index (χ2v) is 5.98. The van der Waals surface area contributed by atoms with Crippen molar-refractivity contribution in [3.63, 3.8) is 0 Å². The molecule has 0 amide bonds. The summed E-state index contributed by atoms with van der Waals surface area (Å²) < 4.78 is 5.49. The zero-order valence-electron chi connectivity index (χ0n) is 13.7. The molecule has 3 N–H and O–H groups in total. The SMILES string of the molecule is Cc1[nH]nc2c1[C@@H](c1ccc(-c3ccccc3)cc1)C(C#N)=C(N)O2. The summed E-state index contributed by atoms with van der Waals surface area (Å²) in [5.41, 5.74) is 11.3. The molecule has 5 heteroatoms. The first-order valence-electron chi connectivity index (χ1n) is 7.97. The molecular weight excluding hydrogens is 312 g/mol. The van der Waals surface area contributed by atoms with Gasteiger partial charge in [0.25, 0.3) is 0 Å². The number of aromatic nitrogens is 2. The van der Waals surface area contributed by atoms with Crippen LogP contribution in [0.2, 0.25) is 0 Å². The van der Waals surface area contributed by atoms with E-state index in [1.165, 1.54) is 0 Å². The van der Waals surface area contributed by atoms with E-state index >= 15 is 0 Å². The summed E-state index contributed by atoms with van der Waals surface area (Å²) in [6.45, 7) is 1.91. The molecule has 2 heterocycles. The van der Waals surface area contributed by atoms with Gasteiger partial charge in [-0.3, -0.25) is 5.10 Å². The summed E-state index contributed by atoms with van der Waals surface area (Å²) >= 11 is 0. The van der Waals surface area contributed by atoms with Crippen LogP contribution in [0, 0.1) is 18.3 Å². The van der Waals surface area contributed by atoms with E-state index in [4.69, 9.17) is 10.5 Å². The molecule has 1 aromatic heterocycles. The Labute approximate surface area is 145 Å². The van der Waals surface area contributed by atoms with Crippen LogP contribution in [0.15, 0.2) is 66.1 Å².